The highest BCUT2D eigenvalue weighted by molar-refractivity contribution is 7.91. The Labute approximate surface area is 131 Å². The molecule has 1 atom stereocenters. The third-order valence-corrected chi connectivity index (χ3v) is 6.96. The molecule has 0 amide bonds. The highest BCUT2D eigenvalue weighted by atomic mass is 32.2. The molecule has 21 heavy (non-hydrogen) atoms. The van der Waals surface area contributed by atoms with Crippen LogP contribution in [0.2, 0.25) is 0 Å². The van der Waals surface area contributed by atoms with E-state index in [-0.39, 0.29) is 0 Å². The molecule has 1 aliphatic heterocycles. The Kier molecular flexibility index (Phi) is 7.51. The molecule has 0 aromatic carbocycles. The summed E-state index contributed by atoms with van der Waals surface area (Å²) in [6.45, 7) is 0.907. The first-order valence-corrected chi connectivity index (χ1v) is 10.9. The van der Waals surface area contributed by atoms with E-state index in [0.29, 0.717) is 23.5 Å². The van der Waals surface area contributed by atoms with Crippen LogP contribution < -0.4 is 5.32 Å². The Bertz CT molecular complexity index is 368. The molecule has 0 spiro atoms. The molecule has 0 bridgehead atoms. The lowest BCUT2D eigenvalue weighted by atomic mass is 9.97. The second-order valence-corrected chi connectivity index (χ2v) is 9.36. The largest absolute Gasteiger partial charge is 0.314 e. The van der Waals surface area contributed by atoms with E-state index in [0.717, 1.165) is 13.0 Å². The van der Waals surface area contributed by atoms with Gasteiger partial charge < -0.3 is 5.32 Å². The van der Waals surface area contributed by atoms with E-state index in [2.05, 4.69) is 5.32 Å². The van der Waals surface area contributed by atoms with Crippen molar-refractivity contribution in [2.45, 2.75) is 83.1 Å². The van der Waals surface area contributed by atoms with Crippen LogP contribution in [0.1, 0.15) is 77.0 Å². The van der Waals surface area contributed by atoms with Gasteiger partial charge in [-0.1, -0.05) is 57.8 Å². The molecule has 0 radical (unpaired) electrons. The van der Waals surface area contributed by atoms with Gasteiger partial charge in [0.25, 0.3) is 0 Å². The minimum atomic E-state index is -2.72. The van der Waals surface area contributed by atoms with Gasteiger partial charge in [-0.2, -0.15) is 0 Å². The minimum Gasteiger partial charge on any atom is -0.314 e. The third kappa shape index (κ3) is 7.14. The van der Waals surface area contributed by atoms with Crippen LogP contribution in [-0.4, -0.2) is 32.5 Å². The number of hydrogen-bond acceptors (Lipinski definition) is 3. The Morgan fingerprint density at radius 2 is 1.29 bits per heavy atom. The molecule has 3 nitrogen and oxygen atoms in total. The van der Waals surface area contributed by atoms with E-state index < -0.39 is 9.84 Å². The van der Waals surface area contributed by atoms with Crippen LogP contribution >= 0.6 is 0 Å². The standard InChI is InChI=1S/C17H33NO2S/c19-21(20)13-12-16(15-21)14-18-17-10-8-6-4-2-1-3-5-7-9-11-17/h16-18H,1-15H2. The topological polar surface area (TPSA) is 46.2 Å². The first-order chi connectivity index (χ1) is 10.2. The molecule has 1 aliphatic carbocycles. The van der Waals surface area contributed by atoms with E-state index >= 15 is 0 Å². The van der Waals surface area contributed by atoms with Gasteiger partial charge in [0.1, 0.15) is 0 Å². The van der Waals surface area contributed by atoms with E-state index in [4.69, 9.17) is 0 Å². The van der Waals surface area contributed by atoms with Gasteiger partial charge in [-0.3, -0.25) is 0 Å². The van der Waals surface area contributed by atoms with Crippen molar-refractivity contribution >= 4 is 9.84 Å². The van der Waals surface area contributed by atoms with Gasteiger partial charge in [-0.15, -0.1) is 0 Å². The molecule has 2 aliphatic rings. The SMILES string of the molecule is O=S1(=O)CCC(CNC2CCCCCCCCCCC2)C1. The maximum Gasteiger partial charge on any atom is 0.150 e. The van der Waals surface area contributed by atoms with E-state index in [1.165, 1.54) is 70.6 Å². The van der Waals surface area contributed by atoms with Crippen LogP contribution in [0, 0.1) is 5.92 Å². The van der Waals surface area contributed by atoms with Crippen LogP contribution in [0.5, 0.6) is 0 Å². The Balaban J connectivity index is 1.70. The average Bonchev–Trinajstić information content (AvgIpc) is 2.78. The lowest BCUT2D eigenvalue weighted by Crippen LogP contribution is -2.34. The van der Waals surface area contributed by atoms with Crippen molar-refractivity contribution in [2.24, 2.45) is 5.92 Å². The molecule has 124 valence electrons. The first kappa shape index (κ1) is 17.3. The fourth-order valence-corrected chi connectivity index (χ4v) is 5.60. The molecule has 1 saturated heterocycles. The zero-order chi connectivity index (χ0) is 15.0. The zero-order valence-electron chi connectivity index (χ0n) is 13.5. The van der Waals surface area contributed by atoms with Crippen molar-refractivity contribution in [2.75, 3.05) is 18.1 Å². The number of rotatable bonds is 3. The van der Waals surface area contributed by atoms with Crippen LogP contribution in [0.4, 0.5) is 0 Å². The maximum absolute atomic E-state index is 11.5. The molecule has 2 fully saturated rings. The Hall–Kier alpha value is -0.0900. The zero-order valence-corrected chi connectivity index (χ0v) is 14.3. The molecular weight excluding hydrogens is 282 g/mol. The van der Waals surface area contributed by atoms with Crippen LogP contribution in [0.25, 0.3) is 0 Å². The molecule has 0 aromatic heterocycles. The van der Waals surface area contributed by atoms with Crippen molar-refractivity contribution in [1.82, 2.24) is 5.32 Å². The van der Waals surface area contributed by atoms with Gasteiger partial charge in [0, 0.05) is 6.04 Å². The average molecular weight is 316 g/mol. The molecule has 1 N–H and O–H groups in total. The Morgan fingerprint density at radius 3 is 1.76 bits per heavy atom. The summed E-state index contributed by atoms with van der Waals surface area (Å²) < 4.78 is 23.0. The molecule has 0 aromatic rings. The monoisotopic (exact) mass is 315 g/mol. The van der Waals surface area contributed by atoms with E-state index in [1.54, 1.807) is 0 Å². The predicted molar refractivity (Wildman–Crippen MR) is 89.3 cm³/mol. The van der Waals surface area contributed by atoms with Crippen molar-refractivity contribution in [1.29, 1.82) is 0 Å². The summed E-state index contributed by atoms with van der Waals surface area (Å²) in [6, 6.07) is 0.618. The summed E-state index contributed by atoms with van der Waals surface area (Å²) in [4.78, 5) is 0. The summed E-state index contributed by atoms with van der Waals surface area (Å²) in [5, 5.41) is 3.69. The van der Waals surface area contributed by atoms with Crippen LogP contribution in [0.3, 0.4) is 0 Å². The summed E-state index contributed by atoms with van der Waals surface area (Å²) in [7, 11) is -2.72. The first-order valence-electron chi connectivity index (χ1n) is 9.09. The van der Waals surface area contributed by atoms with Crippen molar-refractivity contribution in [3.05, 3.63) is 0 Å². The number of hydrogen-bond donors (Lipinski definition) is 1. The van der Waals surface area contributed by atoms with Gasteiger partial charge in [0.05, 0.1) is 11.5 Å². The minimum absolute atomic E-state index is 0.358. The third-order valence-electron chi connectivity index (χ3n) is 5.13. The molecular formula is C17H33NO2S. The van der Waals surface area contributed by atoms with E-state index in [1.807, 2.05) is 0 Å². The smallest absolute Gasteiger partial charge is 0.150 e. The van der Waals surface area contributed by atoms with Gasteiger partial charge in [-0.05, 0) is 31.7 Å². The maximum atomic E-state index is 11.5. The molecule has 4 heteroatoms. The summed E-state index contributed by atoms with van der Waals surface area (Å²) in [5.74, 6) is 1.17. The van der Waals surface area contributed by atoms with Crippen molar-refractivity contribution in [3.8, 4) is 0 Å². The molecule has 1 heterocycles. The predicted octanol–water partition coefficient (Wildman–Crippen LogP) is 3.68. The normalized spacial score (nSPS) is 29.6. The summed E-state index contributed by atoms with van der Waals surface area (Å²) in [6.07, 6.45) is 15.9. The molecule has 2 rings (SSSR count). The van der Waals surface area contributed by atoms with Gasteiger partial charge >= 0.3 is 0 Å². The molecule has 1 unspecified atom stereocenters. The van der Waals surface area contributed by atoms with Gasteiger partial charge in [0.2, 0.25) is 0 Å². The molecule has 1 saturated carbocycles. The summed E-state index contributed by atoms with van der Waals surface area (Å²) in [5.41, 5.74) is 0. The van der Waals surface area contributed by atoms with Crippen molar-refractivity contribution in [3.63, 3.8) is 0 Å². The van der Waals surface area contributed by atoms with Crippen LogP contribution in [-0.2, 0) is 9.84 Å². The quantitative estimate of drug-likeness (QED) is 0.864. The second-order valence-electron chi connectivity index (χ2n) is 7.13. The Morgan fingerprint density at radius 1 is 0.762 bits per heavy atom. The van der Waals surface area contributed by atoms with Crippen molar-refractivity contribution < 1.29 is 8.42 Å². The fraction of sp³-hybridized carbons (Fsp3) is 1.00. The van der Waals surface area contributed by atoms with E-state index in [9.17, 15) is 8.42 Å². The highest BCUT2D eigenvalue weighted by Gasteiger charge is 2.27. The number of sulfone groups is 1. The van der Waals surface area contributed by atoms with Crippen LogP contribution in [0.15, 0.2) is 0 Å². The fourth-order valence-electron chi connectivity index (χ4n) is 3.73. The lowest BCUT2D eigenvalue weighted by Gasteiger charge is -2.21. The lowest BCUT2D eigenvalue weighted by molar-refractivity contribution is 0.380. The summed E-state index contributed by atoms with van der Waals surface area (Å²) >= 11 is 0. The highest BCUT2D eigenvalue weighted by Crippen LogP contribution is 2.20. The second kappa shape index (κ2) is 9.14. The number of nitrogens with one attached hydrogen (secondary N) is 1. The van der Waals surface area contributed by atoms with Gasteiger partial charge in [0.15, 0.2) is 9.84 Å². The van der Waals surface area contributed by atoms with Gasteiger partial charge in [-0.25, -0.2) is 8.42 Å².